The maximum absolute atomic E-state index is 13.9. The van der Waals surface area contributed by atoms with Gasteiger partial charge < -0.3 is 0 Å². The van der Waals surface area contributed by atoms with Gasteiger partial charge in [0.05, 0.1) is 0 Å². The molecule has 2 fully saturated rings. The molecule has 2 aromatic carbocycles. The molecule has 2 aliphatic heterocycles. The summed E-state index contributed by atoms with van der Waals surface area (Å²) in [6.07, 6.45) is 6.15. The van der Waals surface area contributed by atoms with E-state index in [0.717, 1.165) is 64.3 Å². The number of hydrazine groups is 1. The Balaban J connectivity index is 1.21. The lowest BCUT2D eigenvalue weighted by atomic mass is 9.89. The first kappa shape index (κ1) is 20.4. The molecule has 0 aromatic heterocycles. The first-order valence-electron chi connectivity index (χ1n) is 10.7. The predicted molar refractivity (Wildman–Crippen MR) is 109 cm³/mol. The Morgan fingerprint density at radius 1 is 0.655 bits per heavy atom. The standard InChI is InChI=1S/C24H29F3N2/c25-22-4-1-18(2-5-22)15-19-7-11-28(12-8-19)29-13-9-20(10-14-29)16-21-3-6-23(26)17-24(21)27/h1-6,17,19-20H,7-16H2. The van der Waals surface area contributed by atoms with Crippen molar-refractivity contribution in [2.24, 2.45) is 11.8 Å². The van der Waals surface area contributed by atoms with Crippen LogP contribution in [0.2, 0.25) is 0 Å². The molecule has 0 bridgehead atoms. The Kier molecular flexibility index (Phi) is 6.56. The second kappa shape index (κ2) is 9.31. The van der Waals surface area contributed by atoms with Crippen molar-refractivity contribution in [2.45, 2.75) is 38.5 Å². The lowest BCUT2D eigenvalue weighted by Crippen LogP contribution is -2.50. The molecule has 0 spiro atoms. The molecule has 156 valence electrons. The highest BCUT2D eigenvalue weighted by Crippen LogP contribution is 2.27. The summed E-state index contributed by atoms with van der Waals surface area (Å²) >= 11 is 0. The number of hydrogen-bond acceptors (Lipinski definition) is 2. The highest BCUT2D eigenvalue weighted by Gasteiger charge is 2.27. The molecule has 0 amide bonds. The van der Waals surface area contributed by atoms with E-state index in [0.29, 0.717) is 23.8 Å². The third-order valence-electron chi connectivity index (χ3n) is 6.54. The van der Waals surface area contributed by atoms with Gasteiger partial charge in [0.1, 0.15) is 17.5 Å². The van der Waals surface area contributed by atoms with Crippen molar-refractivity contribution < 1.29 is 13.2 Å². The number of halogens is 3. The number of benzene rings is 2. The Morgan fingerprint density at radius 2 is 1.17 bits per heavy atom. The van der Waals surface area contributed by atoms with E-state index in [1.807, 2.05) is 12.1 Å². The van der Waals surface area contributed by atoms with Gasteiger partial charge in [-0.3, -0.25) is 0 Å². The molecule has 4 rings (SSSR count). The Hall–Kier alpha value is -1.85. The molecule has 0 saturated carbocycles. The maximum Gasteiger partial charge on any atom is 0.129 e. The summed E-state index contributed by atoms with van der Waals surface area (Å²) in [7, 11) is 0. The SMILES string of the molecule is Fc1ccc(CC2CCN(N3CCC(Cc4ccc(F)cc4F)CC3)CC2)cc1. The fraction of sp³-hybridized carbons (Fsp3) is 0.500. The molecular formula is C24H29F3N2. The second-order valence-corrected chi connectivity index (χ2v) is 8.56. The average Bonchev–Trinajstić information content (AvgIpc) is 2.73. The van der Waals surface area contributed by atoms with Crippen LogP contribution in [0, 0.1) is 29.3 Å². The van der Waals surface area contributed by atoms with E-state index >= 15 is 0 Å². The van der Waals surface area contributed by atoms with E-state index in [2.05, 4.69) is 10.0 Å². The van der Waals surface area contributed by atoms with Crippen molar-refractivity contribution in [3.8, 4) is 0 Å². The van der Waals surface area contributed by atoms with Gasteiger partial charge in [-0.1, -0.05) is 18.2 Å². The van der Waals surface area contributed by atoms with Crippen LogP contribution in [0.4, 0.5) is 13.2 Å². The molecular weight excluding hydrogens is 373 g/mol. The molecule has 2 aliphatic rings. The highest BCUT2D eigenvalue weighted by atomic mass is 19.1. The maximum atomic E-state index is 13.9. The normalized spacial score (nSPS) is 20.2. The minimum Gasteiger partial charge on any atom is -0.242 e. The van der Waals surface area contributed by atoms with Crippen molar-refractivity contribution in [2.75, 3.05) is 26.2 Å². The zero-order chi connectivity index (χ0) is 20.2. The first-order chi connectivity index (χ1) is 14.1. The van der Waals surface area contributed by atoms with E-state index in [1.54, 1.807) is 18.2 Å². The summed E-state index contributed by atoms with van der Waals surface area (Å²) in [6, 6.07) is 10.8. The Bertz CT molecular complexity index is 792. The summed E-state index contributed by atoms with van der Waals surface area (Å²) in [5, 5.41) is 4.95. The van der Waals surface area contributed by atoms with Crippen LogP contribution < -0.4 is 0 Å². The van der Waals surface area contributed by atoms with Crippen LogP contribution >= 0.6 is 0 Å². The van der Waals surface area contributed by atoms with Crippen LogP contribution in [-0.4, -0.2) is 36.2 Å². The molecule has 0 radical (unpaired) electrons. The second-order valence-electron chi connectivity index (χ2n) is 8.56. The summed E-state index contributed by atoms with van der Waals surface area (Å²) in [4.78, 5) is 0. The van der Waals surface area contributed by atoms with Gasteiger partial charge in [0.15, 0.2) is 0 Å². The fourth-order valence-electron chi connectivity index (χ4n) is 4.76. The first-order valence-corrected chi connectivity index (χ1v) is 10.7. The summed E-state index contributed by atoms with van der Waals surface area (Å²) in [5.41, 5.74) is 1.85. The van der Waals surface area contributed by atoms with Crippen LogP contribution in [0.15, 0.2) is 42.5 Å². The van der Waals surface area contributed by atoms with Crippen molar-refractivity contribution in [1.29, 1.82) is 0 Å². The molecule has 29 heavy (non-hydrogen) atoms. The molecule has 2 nitrogen and oxygen atoms in total. The molecule has 2 aromatic rings. The number of rotatable bonds is 5. The van der Waals surface area contributed by atoms with Crippen LogP contribution in [0.1, 0.15) is 36.8 Å². The molecule has 0 aliphatic carbocycles. The van der Waals surface area contributed by atoms with Gasteiger partial charge in [0, 0.05) is 32.2 Å². The zero-order valence-electron chi connectivity index (χ0n) is 16.8. The summed E-state index contributed by atoms with van der Waals surface area (Å²) in [5.74, 6) is 0.0200. The van der Waals surface area contributed by atoms with Crippen LogP contribution in [0.5, 0.6) is 0 Å². The van der Waals surface area contributed by atoms with E-state index in [9.17, 15) is 13.2 Å². The predicted octanol–water partition coefficient (Wildman–Crippen LogP) is 5.23. The summed E-state index contributed by atoms with van der Waals surface area (Å²) in [6.45, 7) is 4.17. The van der Waals surface area contributed by atoms with Gasteiger partial charge >= 0.3 is 0 Å². The third kappa shape index (κ3) is 5.40. The van der Waals surface area contributed by atoms with Crippen LogP contribution in [0.25, 0.3) is 0 Å². The lowest BCUT2D eigenvalue weighted by molar-refractivity contribution is -0.0693. The van der Waals surface area contributed by atoms with Crippen LogP contribution in [-0.2, 0) is 12.8 Å². The number of nitrogens with zero attached hydrogens (tertiary/aromatic N) is 2. The van der Waals surface area contributed by atoms with Crippen molar-refractivity contribution in [1.82, 2.24) is 10.0 Å². The smallest absolute Gasteiger partial charge is 0.129 e. The highest BCUT2D eigenvalue weighted by molar-refractivity contribution is 5.19. The lowest BCUT2D eigenvalue weighted by Gasteiger charge is -2.43. The van der Waals surface area contributed by atoms with Crippen molar-refractivity contribution in [3.05, 3.63) is 71.0 Å². The molecule has 2 saturated heterocycles. The Labute approximate surface area is 171 Å². The largest absolute Gasteiger partial charge is 0.242 e. The van der Waals surface area contributed by atoms with E-state index in [-0.39, 0.29) is 5.82 Å². The van der Waals surface area contributed by atoms with E-state index in [1.165, 1.54) is 11.6 Å². The fourth-order valence-corrected chi connectivity index (χ4v) is 4.76. The molecule has 0 N–H and O–H groups in total. The van der Waals surface area contributed by atoms with Crippen molar-refractivity contribution in [3.63, 3.8) is 0 Å². The van der Waals surface area contributed by atoms with Gasteiger partial charge in [-0.05, 0) is 79.7 Å². The van der Waals surface area contributed by atoms with E-state index in [4.69, 9.17) is 0 Å². The Morgan fingerprint density at radius 3 is 1.72 bits per heavy atom. The monoisotopic (exact) mass is 402 g/mol. The van der Waals surface area contributed by atoms with Gasteiger partial charge in [-0.2, -0.15) is 0 Å². The minimum absolute atomic E-state index is 0.172. The molecule has 2 heterocycles. The number of piperidine rings is 2. The van der Waals surface area contributed by atoms with Crippen LogP contribution in [0.3, 0.4) is 0 Å². The summed E-state index contributed by atoms with van der Waals surface area (Å²) < 4.78 is 40.1. The number of hydrogen-bond donors (Lipinski definition) is 0. The van der Waals surface area contributed by atoms with E-state index < -0.39 is 11.6 Å². The zero-order valence-corrected chi connectivity index (χ0v) is 16.8. The van der Waals surface area contributed by atoms with Gasteiger partial charge in [0.2, 0.25) is 0 Å². The van der Waals surface area contributed by atoms with Gasteiger partial charge in [-0.15, -0.1) is 0 Å². The average molecular weight is 403 g/mol. The quantitative estimate of drug-likeness (QED) is 0.676. The molecule has 0 unspecified atom stereocenters. The minimum atomic E-state index is -0.510. The third-order valence-corrected chi connectivity index (χ3v) is 6.54. The topological polar surface area (TPSA) is 6.48 Å². The van der Waals surface area contributed by atoms with Gasteiger partial charge in [-0.25, -0.2) is 23.2 Å². The van der Waals surface area contributed by atoms with Crippen molar-refractivity contribution >= 4 is 0 Å². The molecule has 0 atom stereocenters. The van der Waals surface area contributed by atoms with Gasteiger partial charge in [0.25, 0.3) is 0 Å². The molecule has 5 heteroatoms.